The molecule has 31 heavy (non-hydrogen) atoms. The Kier molecular flexibility index (Phi) is 7.56. The van der Waals surface area contributed by atoms with Gasteiger partial charge in [-0.2, -0.15) is 5.26 Å². The van der Waals surface area contributed by atoms with Crippen molar-refractivity contribution in [3.8, 4) is 6.07 Å². The van der Waals surface area contributed by atoms with Crippen molar-refractivity contribution in [2.75, 3.05) is 5.32 Å². The summed E-state index contributed by atoms with van der Waals surface area (Å²) in [5.41, 5.74) is 5.84. The van der Waals surface area contributed by atoms with E-state index in [1.54, 1.807) is 24.3 Å². The molecule has 0 bridgehead atoms. The highest BCUT2D eigenvalue weighted by Crippen LogP contribution is 2.26. The quantitative estimate of drug-likeness (QED) is 0.283. The Labute approximate surface area is 200 Å². The first kappa shape index (κ1) is 23.1. The summed E-state index contributed by atoms with van der Waals surface area (Å²) in [5.74, 6) is -0.516. The van der Waals surface area contributed by atoms with Crippen molar-refractivity contribution in [2.45, 2.75) is 20.3 Å². The first-order chi connectivity index (χ1) is 14.7. The van der Waals surface area contributed by atoms with Gasteiger partial charge in [-0.25, -0.2) is 0 Å². The van der Waals surface area contributed by atoms with E-state index in [1.165, 1.54) is 16.7 Å². The van der Waals surface area contributed by atoms with Crippen LogP contribution in [0.3, 0.4) is 0 Å². The third-order valence-electron chi connectivity index (χ3n) is 4.63. The minimum absolute atomic E-state index is 0.00848. The molecular formula is C25H19BrCl2N2O. The molecule has 3 aromatic carbocycles. The van der Waals surface area contributed by atoms with Crippen molar-refractivity contribution in [1.82, 2.24) is 0 Å². The van der Waals surface area contributed by atoms with E-state index in [-0.39, 0.29) is 5.57 Å². The van der Waals surface area contributed by atoms with Crippen LogP contribution in [-0.2, 0) is 11.2 Å². The summed E-state index contributed by atoms with van der Waals surface area (Å²) in [6.45, 7) is 4.14. The molecule has 0 heterocycles. The van der Waals surface area contributed by atoms with Crippen molar-refractivity contribution in [3.63, 3.8) is 0 Å². The number of nitriles is 1. The topological polar surface area (TPSA) is 52.9 Å². The average Bonchev–Trinajstić information content (AvgIpc) is 2.70. The molecule has 0 unspecified atom stereocenters. The molecule has 0 aliphatic rings. The van der Waals surface area contributed by atoms with E-state index < -0.39 is 5.91 Å². The normalized spacial score (nSPS) is 11.2. The maximum absolute atomic E-state index is 12.7. The highest BCUT2D eigenvalue weighted by molar-refractivity contribution is 9.10. The molecule has 0 saturated carbocycles. The number of amides is 1. The molecule has 156 valence electrons. The molecule has 1 amide bonds. The highest BCUT2D eigenvalue weighted by atomic mass is 79.9. The zero-order valence-electron chi connectivity index (χ0n) is 17.0. The third kappa shape index (κ3) is 6.21. The van der Waals surface area contributed by atoms with E-state index in [4.69, 9.17) is 23.2 Å². The van der Waals surface area contributed by atoms with Gasteiger partial charge in [-0.05, 0) is 73.4 Å². The monoisotopic (exact) mass is 512 g/mol. The van der Waals surface area contributed by atoms with Gasteiger partial charge in [-0.15, -0.1) is 0 Å². The number of aryl methyl sites for hydroxylation is 2. The molecule has 0 spiro atoms. The van der Waals surface area contributed by atoms with Crippen molar-refractivity contribution in [3.05, 3.63) is 103 Å². The van der Waals surface area contributed by atoms with Gasteiger partial charge in [0.1, 0.15) is 11.6 Å². The van der Waals surface area contributed by atoms with Gasteiger partial charge < -0.3 is 5.32 Å². The number of anilines is 1. The smallest absolute Gasteiger partial charge is 0.266 e. The summed E-state index contributed by atoms with van der Waals surface area (Å²) in [7, 11) is 0. The second-order valence-corrected chi connectivity index (χ2v) is 9.00. The first-order valence-electron chi connectivity index (χ1n) is 9.49. The number of benzene rings is 3. The Morgan fingerprint density at radius 2 is 1.74 bits per heavy atom. The molecule has 0 atom stereocenters. The van der Waals surface area contributed by atoms with Crippen molar-refractivity contribution >= 4 is 56.8 Å². The molecule has 1 N–H and O–H groups in total. The Morgan fingerprint density at radius 3 is 2.39 bits per heavy atom. The van der Waals surface area contributed by atoms with Gasteiger partial charge in [-0.1, -0.05) is 74.5 Å². The Morgan fingerprint density at radius 1 is 1.03 bits per heavy atom. The predicted octanol–water partition coefficient (Wildman–Crippen LogP) is 7.51. The molecule has 0 saturated heterocycles. The second kappa shape index (κ2) is 10.2. The van der Waals surface area contributed by atoms with E-state index in [1.807, 2.05) is 24.3 Å². The van der Waals surface area contributed by atoms with Crippen LogP contribution >= 0.6 is 39.1 Å². The molecular weight excluding hydrogens is 495 g/mol. The molecule has 0 aliphatic carbocycles. The summed E-state index contributed by atoms with van der Waals surface area (Å²) in [6, 6.07) is 19.0. The van der Waals surface area contributed by atoms with Gasteiger partial charge in [0.15, 0.2) is 0 Å². The lowest BCUT2D eigenvalue weighted by molar-refractivity contribution is -0.112. The number of rotatable bonds is 5. The van der Waals surface area contributed by atoms with Gasteiger partial charge in [0.05, 0.1) is 10.0 Å². The van der Waals surface area contributed by atoms with Crippen LogP contribution in [-0.4, -0.2) is 5.91 Å². The van der Waals surface area contributed by atoms with Crippen LogP contribution < -0.4 is 5.32 Å². The van der Waals surface area contributed by atoms with Gasteiger partial charge in [-0.3, -0.25) is 4.79 Å². The number of carbonyl (C=O) groups is 1. The largest absolute Gasteiger partial charge is 0.321 e. The lowest BCUT2D eigenvalue weighted by atomic mass is 9.96. The number of halogens is 3. The SMILES string of the molecule is Cc1cc(C)cc(Cc2ccc(Br)cc2/C=C(\C#N)C(=O)Nc2ccc(Cl)c(Cl)c2)c1. The Balaban J connectivity index is 1.92. The zero-order chi connectivity index (χ0) is 22.5. The maximum Gasteiger partial charge on any atom is 0.266 e. The molecule has 0 radical (unpaired) electrons. The van der Waals surface area contributed by atoms with Crippen LogP contribution in [0, 0.1) is 25.2 Å². The van der Waals surface area contributed by atoms with Gasteiger partial charge in [0.25, 0.3) is 5.91 Å². The summed E-state index contributed by atoms with van der Waals surface area (Å²) >= 11 is 15.4. The van der Waals surface area contributed by atoms with E-state index in [0.29, 0.717) is 22.2 Å². The molecule has 0 aliphatic heterocycles. The van der Waals surface area contributed by atoms with Crippen molar-refractivity contribution < 1.29 is 4.79 Å². The summed E-state index contributed by atoms with van der Waals surface area (Å²) < 4.78 is 0.866. The lowest BCUT2D eigenvalue weighted by Crippen LogP contribution is -2.13. The van der Waals surface area contributed by atoms with Crippen LogP contribution in [0.4, 0.5) is 5.69 Å². The fourth-order valence-corrected chi connectivity index (χ4v) is 4.01. The first-order valence-corrected chi connectivity index (χ1v) is 11.0. The zero-order valence-corrected chi connectivity index (χ0v) is 20.1. The number of carbonyl (C=O) groups excluding carboxylic acids is 1. The second-order valence-electron chi connectivity index (χ2n) is 7.27. The predicted molar refractivity (Wildman–Crippen MR) is 132 cm³/mol. The van der Waals surface area contributed by atoms with Crippen LogP contribution in [0.2, 0.25) is 10.0 Å². The standard InChI is InChI=1S/C25H19BrCl2N2O/c1-15-7-16(2)9-17(8-15)10-18-3-4-21(26)12-19(18)11-20(14-29)25(31)30-22-5-6-23(27)24(28)13-22/h3-9,11-13H,10H2,1-2H3,(H,30,31)/b20-11+. The highest BCUT2D eigenvalue weighted by Gasteiger charge is 2.13. The molecule has 3 nitrogen and oxygen atoms in total. The molecule has 3 rings (SSSR count). The summed E-state index contributed by atoms with van der Waals surface area (Å²) in [5, 5.41) is 13.0. The van der Waals surface area contributed by atoms with Gasteiger partial charge >= 0.3 is 0 Å². The minimum atomic E-state index is -0.516. The molecule has 0 aromatic heterocycles. The van der Waals surface area contributed by atoms with Crippen LogP contribution in [0.25, 0.3) is 6.08 Å². The Bertz CT molecular complexity index is 1210. The van der Waals surface area contributed by atoms with Crippen molar-refractivity contribution in [2.24, 2.45) is 0 Å². The summed E-state index contributed by atoms with van der Waals surface area (Å²) in [4.78, 5) is 12.7. The molecule has 6 heteroatoms. The Hall–Kier alpha value is -2.58. The van der Waals surface area contributed by atoms with E-state index in [9.17, 15) is 10.1 Å². The fourth-order valence-electron chi connectivity index (χ4n) is 3.33. The number of hydrogen-bond acceptors (Lipinski definition) is 2. The fraction of sp³-hybridized carbons (Fsp3) is 0.120. The van der Waals surface area contributed by atoms with Crippen LogP contribution in [0.15, 0.2) is 64.6 Å². The number of nitrogens with zero attached hydrogens (tertiary/aromatic N) is 1. The molecule has 0 fully saturated rings. The van der Waals surface area contributed by atoms with Gasteiger partial charge in [0.2, 0.25) is 0 Å². The van der Waals surface area contributed by atoms with Crippen molar-refractivity contribution in [1.29, 1.82) is 5.26 Å². The van der Waals surface area contributed by atoms with Crippen LogP contribution in [0.1, 0.15) is 27.8 Å². The molecule has 3 aromatic rings. The van der Waals surface area contributed by atoms with E-state index >= 15 is 0 Å². The summed E-state index contributed by atoms with van der Waals surface area (Å²) in [6.07, 6.45) is 2.30. The van der Waals surface area contributed by atoms with E-state index in [2.05, 4.69) is 53.3 Å². The number of hydrogen-bond donors (Lipinski definition) is 1. The van der Waals surface area contributed by atoms with Crippen LogP contribution in [0.5, 0.6) is 0 Å². The average molecular weight is 514 g/mol. The van der Waals surface area contributed by atoms with E-state index in [0.717, 1.165) is 15.6 Å². The lowest BCUT2D eigenvalue weighted by Gasteiger charge is -2.10. The number of nitrogens with one attached hydrogen (secondary N) is 1. The third-order valence-corrected chi connectivity index (χ3v) is 5.86. The maximum atomic E-state index is 12.7. The van der Waals surface area contributed by atoms with Gasteiger partial charge in [0, 0.05) is 10.2 Å². The minimum Gasteiger partial charge on any atom is -0.321 e.